The number of nitrogens with one attached hydrogen (secondary N) is 1. The lowest BCUT2D eigenvalue weighted by molar-refractivity contribution is -0.128. The van der Waals surface area contributed by atoms with Gasteiger partial charge in [-0.25, -0.2) is 5.48 Å². The lowest BCUT2D eigenvalue weighted by Crippen LogP contribution is -2.35. The highest BCUT2D eigenvalue weighted by Gasteiger charge is 2.25. The van der Waals surface area contributed by atoms with E-state index in [2.05, 4.69) is 18.8 Å². The standard InChI is InChI=1S/C18H25NO4S/c1-3-5-7-8-9-17(18(20)19-21)24(22)16-12-10-15(11-13-16)23-14-6-4-2/h10-13,17,21H,3,5,7-9,14H2,1-2H3,(H,19,20)/t17?,24-/m1/s1. The molecule has 5 nitrogen and oxygen atoms in total. The average molecular weight is 351 g/mol. The summed E-state index contributed by atoms with van der Waals surface area (Å²) in [5.74, 6) is 5.55. The lowest BCUT2D eigenvalue weighted by Gasteiger charge is -2.15. The molecule has 1 unspecified atom stereocenters. The summed E-state index contributed by atoms with van der Waals surface area (Å²) in [7, 11) is -1.53. The maximum Gasteiger partial charge on any atom is 0.259 e. The van der Waals surface area contributed by atoms with Gasteiger partial charge in [0.15, 0.2) is 0 Å². The summed E-state index contributed by atoms with van der Waals surface area (Å²) >= 11 is 0. The van der Waals surface area contributed by atoms with Crippen LogP contribution in [0.3, 0.4) is 0 Å². The van der Waals surface area contributed by atoms with Crippen LogP contribution in [0.4, 0.5) is 0 Å². The molecule has 132 valence electrons. The van der Waals surface area contributed by atoms with Gasteiger partial charge in [-0.3, -0.25) is 14.2 Å². The second-order valence-electron chi connectivity index (χ2n) is 5.30. The third-order valence-electron chi connectivity index (χ3n) is 3.52. The van der Waals surface area contributed by atoms with Crippen molar-refractivity contribution in [2.75, 3.05) is 6.61 Å². The smallest absolute Gasteiger partial charge is 0.259 e. The van der Waals surface area contributed by atoms with Crippen molar-refractivity contribution >= 4 is 16.7 Å². The first-order valence-corrected chi connectivity index (χ1v) is 9.32. The highest BCUT2D eigenvalue weighted by Crippen LogP contribution is 2.20. The zero-order valence-electron chi connectivity index (χ0n) is 14.2. The molecule has 0 heterocycles. The molecule has 0 saturated heterocycles. The van der Waals surface area contributed by atoms with Gasteiger partial charge in [0, 0.05) is 4.90 Å². The summed E-state index contributed by atoms with van der Waals surface area (Å²) in [5, 5.41) is 8.14. The van der Waals surface area contributed by atoms with E-state index in [0.717, 1.165) is 25.7 Å². The third kappa shape index (κ3) is 6.73. The topological polar surface area (TPSA) is 75.6 Å². The van der Waals surface area contributed by atoms with Crippen LogP contribution < -0.4 is 10.2 Å². The van der Waals surface area contributed by atoms with E-state index in [1.807, 2.05) is 0 Å². The summed E-state index contributed by atoms with van der Waals surface area (Å²) in [5.41, 5.74) is 1.63. The molecule has 0 saturated carbocycles. The minimum Gasteiger partial charge on any atom is -0.481 e. The molecule has 2 atom stereocenters. The summed E-state index contributed by atoms with van der Waals surface area (Å²) in [6.45, 7) is 4.14. The highest BCUT2D eigenvalue weighted by molar-refractivity contribution is 7.86. The molecule has 0 radical (unpaired) electrons. The molecule has 0 aromatic heterocycles. The Morgan fingerprint density at radius 2 is 2.00 bits per heavy atom. The molecule has 0 aliphatic carbocycles. The molecule has 0 fully saturated rings. The van der Waals surface area contributed by atoms with Crippen LogP contribution in [0.25, 0.3) is 0 Å². The van der Waals surface area contributed by atoms with E-state index in [1.54, 1.807) is 36.7 Å². The van der Waals surface area contributed by atoms with Gasteiger partial charge in [-0.15, -0.1) is 5.92 Å². The molecule has 1 aromatic rings. The summed E-state index contributed by atoms with van der Waals surface area (Å²) in [4.78, 5) is 12.4. The molecule has 0 aliphatic rings. The minimum absolute atomic E-state index is 0.298. The van der Waals surface area contributed by atoms with Gasteiger partial charge in [0.1, 0.15) is 17.6 Å². The Labute approximate surface area is 146 Å². The number of benzene rings is 1. The third-order valence-corrected chi connectivity index (χ3v) is 5.23. The summed E-state index contributed by atoms with van der Waals surface area (Å²) in [6.07, 6.45) is 4.42. The van der Waals surface area contributed by atoms with Crippen LogP contribution in [0.15, 0.2) is 29.2 Å². The molecule has 2 N–H and O–H groups in total. The van der Waals surface area contributed by atoms with Gasteiger partial charge in [-0.2, -0.15) is 0 Å². The van der Waals surface area contributed by atoms with Crippen LogP contribution in [0, 0.1) is 11.8 Å². The Hall–Kier alpha value is -1.84. The quantitative estimate of drug-likeness (QED) is 0.294. The van der Waals surface area contributed by atoms with E-state index in [9.17, 15) is 9.00 Å². The van der Waals surface area contributed by atoms with Crippen LogP contribution in [0.2, 0.25) is 0 Å². The molecule has 0 aliphatic heterocycles. The van der Waals surface area contributed by atoms with Gasteiger partial charge in [-0.05, 0) is 37.6 Å². The molecule has 1 rings (SSSR count). The van der Waals surface area contributed by atoms with Crippen LogP contribution in [0.1, 0.15) is 46.0 Å². The van der Waals surface area contributed by atoms with Crippen molar-refractivity contribution in [2.24, 2.45) is 0 Å². The van der Waals surface area contributed by atoms with E-state index in [-0.39, 0.29) is 0 Å². The maximum absolute atomic E-state index is 12.7. The van der Waals surface area contributed by atoms with Gasteiger partial charge in [0.25, 0.3) is 5.91 Å². The van der Waals surface area contributed by atoms with Crippen LogP contribution in [0.5, 0.6) is 5.75 Å². The predicted octanol–water partition coefficient (Wildman–Crippen LogP) is 3.04. The number of hydrogen-bond donors (Lipinski definition) is 2. The minimum atomic E-state index is -1.53. The SMILES string of the molecule is CC#CCOc1ccc([S@@](=O)C(CCCCCC)C(=O)NO)cc1. The van der Waals surface area contributed by atoms with Gasteiger partial charge < -0.3 is 4.74 Å². The van der Waals surface area contributed by atoms with Crippen molar-refractivity contribution in [2.45, 2.75) is 56.1 Å². The van der Waals surface area contributed by atoms with Crippen molar-refractivity contribution < 1.29 is 18.9 Å². The number of carbonyl (C=O) groups is 1. The first-order chi connectivity index (χ1) is 11.6. The fourth-order valence-electron chi connectivity index (χ4n) is 2.19. The second-order valence-corrected chi connectivity index (χ2v) is 6.93. The lowest BCUT2D eigenvalue weighted by atomic mass is 10.1. The molecule has 6 heteroatoms. The molecule has 1 amide bonds. The Balaban J connectivity index is 2.73. The molecular formula is C18H25NO4S. The Morgan fingerprint density at radius 3 is 2.58 bits per heavy atom. The van der Waals surface area contributed by atoms with Crippen molar-refractivity contribution in [3.8, 4) is 17.6 Å². The van der Waals surface area contributed by atoms with Crippen molar-refractivity contribution in [1.29, 1.82) is 0 Å². The monoisotopic (exact) mass is 351 g/mol. The van der Waals surface area contributed by atoms with Gasteiger partial charge in [0.2, 0.25) is 0 Å². The molecule has 24 heavy (non-hydrogen) atoms. The maximum atomic E-state index is 12.7. The molecular weight excluding hydrogens is 326 g/mol. The number of hydroxylamine groups is 1. The number of unbranched alkanes of at least 4 members (excludes halogenated alkanes) is 3. The fourth-order valence-corrected chi connectivity index (χ4v) is 3.55. The first-order valence-electron chi connectivity index (χ1n) is 8.11. The molecule has 0 bridgehead atoms. The normalized spacial score (nSPS) is 12.6. The van der Waals surface area contributed by atoms with E-state index in [1.165, 1.54) is 0 Å². The predicted molar refractivity (Wildman–Crippen MR) is 94.3 cm³/mol. The molecule has 0 spiro atoms. The Bertz CT molecular complexity index is 589. The number of carbonyl (C=O) groups excluding carboxylic acids is 1. The number of hydrogen-bond acceptors (Lipinski definition) is 4. The number of ether oxygens (including phenoxy) is 1. The zero-order valence-corrected chi connectivity index (χ0v) is 15.0. The summed E-state index contributed by atoms with van der Waals surface area (Å²) in [6, 6.07) is 6.76. The largest absolute Gasteiger partial charge is 0.481 e. The van der Waals surface area contributed by atoms with Crippen molar-refractivity contribution in [1.82, 2.24) is 5.48 Å². The Kier molecular flexibility index (Phi) is 9.81. The van der Waals surface area contributed by atoms with Gasteiger partial charge in [-0.1, -0.05) is 38.5 Å². The van der Waals surface area contributed by atoms with Crippen molar-refractivity contribution in [3.05, 3.63) is 24.3 Å². The van der Waals surface area contributed by atoms with Crippen LogP contribution in [-0.2, 0) is 15.6 Å². The second kappa shape index (κ2) is 11.7. The van der Waals surface area contributed by atoms with E-state index in [4.69, 9.17) is 9.94 Å². The number of amides is 1. The van der Waals surface area contributed by atoms with Gasteiger partial charge >= 0.3 is 0 Å². The van der Waals surface area contributed by atoms with Gasteiger partial charge in [0.05, 0.1) is 10.8 Å². The van der Waals surface area contributed by atoms with E-state index < -0.39 is 22.0 Å². The molecule has 1 aromatic carbocycles. The first kappa shape index (κ1) is 20.2. The highest BCUT2D eigenvalue weighted by atomic mass is 32.2. The van der Waals surface area contributed by atoms with E-state index in [0.29, 0.717) is 23.7 Å². The zero-order chi connectivity index (χ0) is 17.8. The summed E-state index contributed by atoms with van der Waals surface area (Å²) < 4.78 is 18.1. The average Bonchev–Trinajstić information content (AvgIpc) is 2.61. The Morgan fingerprint density at radius 1 is 1.29 bits per heavy atom. The van der Waals surface area contributed by atoms with Crippen LogP contribution >= 0.6 is 0 Å². The van der Waals surface area contributed by atoms with E-state index >= 15 is 0 Å². The fraction of sp³-hybridized carbons (Fsp3) is 0.500. The van der Waals surface area contributed by atoms with Crippen LogP contribution in [-0.4, -0.2) is 27.2 Å². The number of rotatable bonds is 10. The van der Waals surface area contributed by atoms with Crippen molar-refractivity contribution in [3.63, 3.8) is 0 Å².